The average Bonchev–Trinajstić information content (AvgIpc) is 2.62. The first-order chi connectivity index (χ1) is 11.8. The van der Waals surface area contributed by atoms with Gasteiger partial charge in [-0.1, -0.05) is 0 Å². The van der Waals surface area contributed by atoms with Crippen LogP contribution in [-0.4, -0.2) is 96.0 Å². The van der Waals surface area contributed by atoms with Crippen LogP contribution in [0.15, 0.2) is 6.33 Å². The van der Waals surface area contributed by atoms with Crippen LogP contribution in [0.2, 0.25) is 0 Å². The number of ether oxygens (including phenoxy) is 4. The van der Waals surface area contributed by atoms with Gasteiger partial charge >= 0.3 is 0 Å². The first-order valence-electron chi connectivity index (χ1n) is 7.91. The van der Waals surface area contributed by atoms with Crippen LogP contribution in [0.1, 0.15) is 0 Å². The molecule has 1 rings (SSSR count). The standard InChI is InChI=1S/C15H29N5O4/c1-21-9-5-19(6-10-22-2)14-16-13-17-15(18-14)20(7-11-23-3)8-12-24-4/h13H,5-12H2,1-4H3. The zero-order chi connectivity index (χ0) is 17.6. The molecule has 0 fully saturated rings. The van der Waals surface area contributed by atoms with Crippen LogP contribution in [0.5, 0.6) is 0 Å². The Morgan fingerprint density at radius 2 is 1.00 bits per heavy atom. The van der Waals surface area contributed by atoms with Gasteiger partial charge in [0, 0.05) is 54.6 Å². The summed E-state index contributed by atoms with van der Waals surface area (Å²) in [6, 6.07) is 0. The van der Waals surface area contributed by atoms with E-state index in [1.54, 1.807) is 28.4 Å². The summed E-state index contributed by atoms with van der Waals surface area (Å²) in [6.07, 6.45) is 1.52. The molecule has 9 heteroatoms. The fourth-order valence-corrected chi connectivity index (χ4v) is 2.01. The number of rotatable bonds is 14. The number of hydrogen-bond acceptors (Lipinski definition) is 9. The van der Waals surface area contributed by atoms with Crippen molar-refractivity contribution in [2.24, 2.45) is 0 Å². The molecule has 0 radical (unpaired) electrons. The van der Waals surface area contributed by atoms with Gasteiger partial charge in [0.15, 0.2) is 0 Å². The molecule has 0 unspecified atom stereocenters. The molecule has 9 nitrogen and oxygen atoms in total. The summed E-state index contributed by atoms with van der Waals surface area (Å²) in [7, 11) is 6.68. The van der Waals surface area contributed by atoms with Gasteiger partial charge in [-0.15, -0.1) is 0 Å². The third-order valence-corrected chi connectivity index (χ3v) is 3.37. The molecule has 1 aromatic rings. The quantitative estimate of drug-likeness (QED) is 0.466. The molecule has 0 N–H and O–H groups in total. The SMILES string of the molecule is COCCN(CCOC)c1ncnc(N(CCOC)CCOC)n1. The first kappa shape index (κ1) is 20.5. The molecule has 0 saturated carbocycles. The molecule has 0 aliphatic rings. The summed E-state index contributed by atoms with van der Waals surface area (Å²) in [5.74, 6) is 1.21. The molecule has 1 aromatic heterocycles. The monoisotopic (exact) mass is 343 g/mol. The van der Waals surface area contributed by atoms with Crippen molar-refractivity contribution >= 4 is 11.9 Å². The van der Waals surface area contributed by atoms with Gasteiger partial charge in [-0.2, -0.15) is 4.98 Å². The Hall–Kier alpha value is -1.55. The zero-order valence-corrected chi connectivity index (χ0v) is 15.1. The smallest absolute Gasteiger partial charge is 0.230 e. The van der Waals surface area contributed by atoms with E-state index in [2.05, 4.69) is 15.0 Å². The largest absolute Gasteiger partial charge is 0.383 e. The van der Waals surface area contributed by atoms with Crippen LogP contribution in [0.3, 0.4) is 0 Å². The topological polar surface area (TPSA) is 82.1 Å². The lowest BCUT2D eigenvalue weighted by atomic mass is 10.5. The van der Waals surface area contributed by atoms with Gasteiger partial charge in [0.05, 0.1) is 26.4 Å². The Morgan fingerprint density at radius 3 is 1.29 bits per heavy atom. The molecule has 0 spiro atoms. The minimum atomic E-state index is 0.585. The maximum absolute atomic E-state index is 5.16. The molecule has 0 aliphatic carbocycles. The lowest BCUT2D eigenvalue weighted by Gasteiger charge is -2.25. The van der Waals surface area contributed by atoms with Crippen LogP contribution in [0.25, 0.3) is 0 Å². The second kappa shape index (κ2) is 12.8. The maximum atomic E-state index is 5.16. The Kier molecular flexibility index (Phi) is 10.9. The van der Waals surface area contributed by atoms with E-state index in [0.29, 0.717) is 64.5 Å². The molecule has 0 amide bonds. The van der Waals surface area contributed by atoms with Gasteiger partial charge in [0.25, 0.3) is 0 Å². The second-order valence-electron chi connectivity index (χ2n) is 5.03. The van der Waals surface area contributed by atoms with Gasteiger partial charge < -0.3 is 28.7 Å². The Morgan fingerprint density at radius 1 is 0.667 bits per heavy atom. The number of anilines is 2. The minimum absolute atomic E-state index is 0.585. The summed E-state index contributed by atoms with van der Waals surface area (Å²) in [4.78, 5) is 17.2. The Labute approximate surface area is 143 Å². The molecular formula is C15H29N5O4. The van der Waals surface area contributed by atoms with E-state index < -0.39 is 0 Å². The van der Waals surface area contributed by atoms with Crippen molar-refractivity contribution in [2.75, 3.05) is 90.8 Å². The van der Waals surface area contributed by atoms with Crippen LogP contribution in [-0.2, 0) is 18.9 Å². The third kappa shape index (κ3) is 7.35. The molecule has 138 valence electrons. The van der Waals surface area contributed by atoms with Gasteiger partial charge in [-0.05, 0) is 0 Å². The van der Waals surface area contributed by atoms with E-state index in [0.717, 1.165) is 0 Å². The van der Waals surface area contributed by atoms with Crippen LogP contribution >= 0.6 is 0 Å². The van der Waals surface area contributed by atoms with Crippen molar-refractivity contribution in [1.82, 2.24) is 15.0 Å². The lowest BCUT2D eigenvalue weighted by molar-refractivity contribution is 0.189. The fraction of sp³-hybridized carbons (Fsp3) is 0.800. The van der Waals surface area contributed by atoms with E-state index in [-0.39, 0.29) is 0 Å². The highest BCUT2D eigenvalue weighted by Gasteiger charge is 2.14. The van der Waals surface area contributed by atoms with Gasteiger partial charge in [-0.25, -0.2) is 9.97 Å². The molecular weight excluding hydrogens is 314 g/mol. The van der Waals surface area contributed by atoms with E-state index in [9.17, 15) is 0 Å². The second-order valence-corrected chi connectivity index (χ2v) is 5.03. The van der Waals surface area contributed by atoms with Gasteiger partial charge in [0.2, 0.25) is 11.9 Å². The molecule has 0 bridgehead atoms. The minimum Gasteiger partial charge on any atom is -0.383 e. The molecule has 0 aromatic carbocycles. The molecule has 0 saturated heterocycles. The van der Waals surface area contributed by atoms with Crippen LogP contribution in [0, 0.1) is 0 Å². The van der Waals surface area contributed by atoms with Crippen molar-refractivity contribution in [2.45, 2.75) is 0 Å². The summed E-state index contributed by atoms with van der Waals surface area (Å²) in [5, 5.41) is 0. The van der Waals surface area contributed by atoms with E-state index in [1.165, 1.54) is 6.33 Å². The number of nitrogens with zero attached hydrogens (tertiary/aromatic N) is 5. The highest BCUT2D eigenvalue weighted by molar-refractivity contribution is 5.37. The first-order valence-corrected chi connectivity index (χ1v) is 7.91. The normalized spacial score (nSPS) is 10.8. The summed E-state index contributed by atoms with van der Waals surface area (Å²) >= 11 is 0. The van der Waals surface area contributed by atoms with Crippen LogP contribution < -0.4 is 9.80 Å². The molecule has 0 atom stereocenters. The summed E-state index contributed by atoms with van der Waals surface area (Å²) in [5.41, 5.74) is 0. The van der Waals surface area contributed by atoms with E-state index in [4.69, 9.17) is 18.9 Å². The van der Waals surface area contributed by atoms with Crippen molar-refractivity contribution in [3.63, 3.8) is 0 Å². The summed E-state index contributed by atoms with van der Waals surface area (Å²) < 4.78 is 20.6. The Balaban J connectivity index is 2.88. The summed E-state index contributed by atoms with van der Waals surface area (Å²) in [6.45, 7) is 5.06. The molecule has 1 heterocycles. The molecule has 0 aliphatic heterocycles. The molecule has 24 heavy (non-hydrogen) atoms. The zero-order valence-electron chi connectivity index (χ0n) is 15.1. The predicted molar refractivity (Wildman–Crippen MR) is 91.8 cm³/mol. The van der Waals surface area contributed by atoms with E-state index >= 15 is 0 Å². The highest BCUT2D eigenvalue weighted by atomic mass is 16.5. The van der Waals surface area contributed by atoms with Crippen molar-refractivity contribution in [1.29, 1.82) is 0 Å². The average molecular weight is 343 g/mol. The van der Waals surface area contributed by atoms with Crippen LogP contribution in [0.4, 0.5) is 11.9 Å². The van der Waals surface area contributed by atoms with Crippen molar-refractivity contribution < 1.29 is 18.9 Å². The van der Waals surface area contributed by atoms with Crippen molar-refractivity contribution in [3.8, 4) is 0 Å². The predicted octanol–water partition coefficient (Wildman–Crippen LogP) is 0.0700. The number of hydrogen-bond donors (Lipinski definition) is 0. The maximum Gasteiger partial charge on any atom is 0.230 e. The third-order valence-electron chi connectivity index (χ3n) is 3.37. The van der Waals surface area contributed by atoms with E-state index in [1.807, 2.05) is 9.80 Å². The number of aromatic nitrogens is 3. The van der Waals surface area contributed by atoms with Gasteiger partial charge in [0.1, 0.15) is 6.33 Å². The van der Waals surface area contributed by atoms with Gasteiger partial charge in [-0.3, -0.25) is 0 Å². The van der Waals surface area contributed by atoms with Crippen molar-refractivity contribution in [3.05, 3.63) is 6.33 Å². The lowest BCUT2D eigenvalue weighted by Crippen LogP contribution is -2.35. The fourth-order valence-electron chi connectivity index (χ4n) is 2.01. The Bertz CT molecular complexity index is 387. The number of methoxy groups -OCH3 is 4. The highest BCUT2D eigenvalue weighted by Crippen LogP contribution is 2.12.